The highest BCUT2D eigenvalue weighted by atomic mass is 16.5. The third-order valence-electron chi connectivity index (χ3n) is 4.98. The van der Waals surface area contributed by atoms with Gasteiger partial charge in [0.25, 0.3) is 0 Å². The van der Waals surface area contributed by atoms with Crippen LogP contribution in [-0.2, 0) is 6.54 Å². The van der Waals surface area contributed by atoms with Crippen molar-refractivity contribution < 1.29 is 13.9 Å². The molecule has 1 aliphatic rings. The van der Waals surface area contributed by atoms with E-state index in [0.717, 1.165) is 36.4 Å². The SMILES string of the molecule is COc1ccc(-c2nnc(CN3CCCC3c3cccc(OC)c3)o2)cc1. The van der Waals surface area contributed by atoms with Crippen molar-refractivity contribution in [3.8, 4) is 23.0 Å². The van der Waals surface area contributed by atoms with Crippen molar-refractivity contribution in [1.82, 2.24) is 15.1 Å². The Balaban J connectivity index is 1.49. The summed E-state index contributed by atoms with van der Waals surface area (Å²) in [7, 11) is 3.35. The molecule has 0 saturated carbocycles. The fourth-order valence-corrected chi connectivity index (χ4v) is 3.58. The first-order chi connectivity index (χ1) is 13.3. The molecule has 0 radical (unpaired) electrons. The Morgan fingerprint density at radius 2 is 1.85 bits per heavy atom. The molecular weight excluding hydrogens is 342 g/mol. The van der Waals surface area contributed by atoms with E-state index in [0.29, 0.717) is 24.4 Å². The molecular formula is C21H23N3O3. The molecule has 1 unspecified atom stereocenters. The van der Waals surface area contributed by atoms with E-state index in [1.807, 2.05) is 36.4 Å². The van der Waals surface area contributed by atoms with Gasteiger partial charge in [0.15, 0.2) is 0 Å². The zero-order valence-electron chi connectivity index (χ0n) is 15.6. The lowest BCUT2D eigenvalue weighted by Crippen LogP contribution is -2.23. The first-order valence-corrected chi connectivity index (χ1v) is 9.11. The molecule has 1 aromatic heterocycles. The lowest BCUT2D eigenvalue weighted by molar-refractivity contribution is 0.224. The fourth-order valence-electron chi connectivity index (χ4n) is 3.58. The van der Waals surface area contributed by atoms with Gasteiger partial charge >= 0.3 is 0 Å². The Labute approximate surface area is 158 Å². The van der Waals surface area contributed by atoms with E-state index in [9.17, 15) is 0 Å². The second-order valence-corrected chi connectivity index (χ2v) is 6.63. The normalized spacial score (nSPS) is 17.2. The van der Waals surface area contributed by atoms with Crippen molar-refractivity contribution in [2.75, 3.05) is 20.8 Å². The maximum absolute atomic E-state index is 5.90. The summed E-state index contributed by atoms with van der Waals surface area (Å²) in [6, 6.07) is 16.2. The van der Waals surface area contributed by atoms with E-state index >= 15 is 0 Å². The van der Waals surface area contributed by atoms with Crippen molar-refractivity contribution in [3.63, 3.8) is 0 Å². The topological polar surface area (TPSA) is 60.6 Å². The van der Waals surface area contributed by atoms with Gasteiger partial charge in [0, 0.05) is 11.6 Å². The van der Waals surface area contributed by atoms with Gasteiger partial charge in [-0.05, 0) is 61.3 Å². The predicted octanol–water partition coefficient (Wildman–Crippen LogP) is 4.09. The fraction of sp³-hybridized carbons (Fsp3) is 0.333. The van der Waals surface area contributed by atoms with Gasteiger partial charge in [0.2, 0.25) is 11.8 Å². The van der Waals surface area contributed by atoms with Crippen LogP contribution in [0.15, 0.2) is 52.9 Å². The van der Waals surface area contributed by atoms with Crippen molar-refractivity contribution in [3.05, 3.63) is 60.0 Å². The average molecular weight is 365 g/mol. The summed E-state index contributed by atoms with van der Waals surface area (Å²) in [6.45, 7) is 1.66. The lowest BCUT2D eigenvalue weighted by Gasteiger charge is -2.23. The van der Waals surface area contributed by atoms with Crippen LogP contribution in [0.3, 0.4) is 0 Å². The van der Waals surface area contributed by atoms with Crippen LogP contribution in [0.4, 0.5) is 0 Å². The van der Waals surface area contributed by atoms with Gasteiger partial charge < -0.3 is 13.9 Å². The van der Waals surface area contributed by atoms with Crippen LogP contribution < -0.4 is 9.47 Å². The van der Waals surface area contributed by atoms with Gasteiger partial charge in [-0.2, -0.15) is 0 Å². The van der Waals surface area contributed by atoms with E-state index < -0.39 is 0 Å². The number of hydrogen-bond acceptors (Lipinski definition) is 6. The smallest absolute Gasteiger partial charge is 0.247 e. The summed E-state index contributed by atoms with van der Waals surface area (Å²) in [5.74, 6) is 2.86. The third-order valence-corrected chi connectivity index (χ3v) is 4.98. The summed E-state index contributed by atoms with van der Waals surface area (Å²) < 4.78 is 16.5. The first kappa shape index (κ1) is 17.5. The number of aromatic nitrogens is 2. The molecule has 6 nitrogen and oxygen atoms in total. The van der Waals surface area contributed by atoms with E-state index in [4.69, 9.17) is 13.9 Å². The van der Waals surface area contributed by atoms with Crippen molar-refractivity contribution in [2.45, 2.75) is 25.4 Å². The van der Waals surface area contributed by atoms with Crippen molar-refractivity contribution >= 4 is 0 Å². The number of likely N-dealkylation sites (tertiary alicyclic amines) is 1. The molecule has 0 bridgehead atoms. The largest absolute Gasteiger partial charge is 0.497 e. The maximum Gasteiger partial charge on any atom is 0.247 e. The van der Waals surface area contributed by atoms with Crippen molar-refractivity contribution in [1.29, 1.82) is 0 Å². The minimum Gasteiger partial charge on any atom is -0.497 e. The Bertz CT molecular complexity index is 892. The van der Waals surface area contributed by atoms with Crippen LogP contribution >= 0.6 is 0 Å². The maximum atomic E-state index is 5.90. The standard InChI is InChI=1S/C21H23N3O3/c1-25-17-10-8-15(9-11-17)21-23-22-20(27-21)14-24-12-4-7-19(24)16-5-3-6-18(13-16)26-2/h3,5-6,8-11,13,19H,4,7,12,14H2,1-2H3. The summed E-state index contributed by atoms with van der Waals surface area (Å²) in [5, 5.41) is 8.45. The Morgan fingerprint density at radius 3 is 2.63 bits per heavy atom. The average Bonchev–Trinajstić information content (AvgIpc) is 3.38. The summed E-state index contributed by atoms with van der Waals surface area (Å²) in [5.41, 5.74) is 2.15. The lowest BCUT2D eigenvalue weighted by atomic mass is 10.0. The number of hydrogen-bond donors (Lipinski definition) is 0. The minimum atomic E-state index is 0.344. The molecule has 0 N–H and O–H groups in total. The van der Waals surface area contributed by atoms with E-state index in [1.165, 1.54) is 5.56 Å². The van der Waals surface area contributed by atoms with E-state index in [1.54, 1.807) is 14.2 Å². The molecule has 1 aliphatic heterocycles. The summed E-state index contributed by atoms with van der Waals surface area (Å²) in [6.07, 6.45) is 2.27. The Kier molecular flexibility index (Phi) is 5.07. The molecule has 0 amide bonds. The van der Waals surface area contributed by atoms with Crippen LogP contribution in [0, 0.1) is 0 Å². The van der Waals surface area contributed by atoms with Crippen molar-refractivity contribution in [2.24, 2.45) is 0 Å². The highest BCUT2D eigenvalue weighted by Crippen LogP contribution is 2.34. The molecule has 1 fully saturated rings. The molecule has 4 rings (SSSR count). The number of rotatable bonds is 6. The molecule has 27 heavy (non-hydrogen) atoms. The number of methoxy groups -OCH3 is 2. The van der Waals surface area contributed by atoms with Crippen LogP contribution in [0.25, 0.3) is 11.5 Å². The highest BCUT2D eigenvalue weighted by Gasteiger charge is 2.27. The second-order valence-electron chi connectivity index (χ2n) is 6.63. The summed E-state index contributed by atoms with van der Waals surface area (Å²) in [4.78, 5) is 2.39. The Morgan fingerprint density at radius 1 is 1.04 bits per heavy atom. The predicted molar refractivity (Wildman–Crippen MR) is 102 cm³/mol. The molecule has 6 heteroatoms. The quantitative estimate of drug-likeness (QED) is 0.656. The molecule has 1 saturated heterocycles. The van der Waals surface area contributed by atoms with Gasteiger partial charge in [-0.25, -0.2) is 0 Å². The molecule has 1 atom stereocenters. The minimum absolute atomic E-state index is 0.344. The highest BCUT2D eigenvalue weighted by molar-refractivity contribution is 5.53. The zero-order chi connectivity index (χ0) is 18.6. The molecule has 3 aromatic rings. The van der Waals surface area contributed by atoms with Crippen LogP contribution in [-0.4, -0.2) is 35.9 Å². The second kappa shape index (κ2) is 7.80. The zero-order valence-corrected chi connectivity index (χ0v) is 15.6. The van der Waals surface area contributed by atoms with Crippen LogP contribution in [0.2, 0.25) is 0 Å². The molecule has 140 valence electrons. The van der Waals surface area contributed by atoms with Crippen LogP contribution in [0.1, 0.15) is 30.3 Å². The monoisotopic (exact) mass is 365 g/mol. The van der Waals surface area contributed by atoms with Gasteiger partial charge in [-0.15, -0.1) is 10.2 Å². The van der Waals surface area contributed by atoms with Gasteiger partial charge in [0.1, 0.15) is 11.5 Å². The number of benzene rings is 2. The van der Waals surface area contributed by atoms with E-state index in [-0.39, 0.29) is 0 Å². The van der Waals surface area contributed by atoms with Gasteiger partial charge in [0.05, 0.1) is 20.8 Å². The molecule has 2 aromatic carbocycles. The molecule has 0 spiro atoms. The Hall–Kier alpha value is -2.86. The van der Waals surface area contributed by atoms with Gasteiger partial charge in [-0.3, -0.25) is 4.90 Å². The third kappa shape index (κ3) is 3.80. The van der Waals surface area contributed by atoms with Gasteiger partial charge in [-0.1, -0.05) is 12.1 Å². The van der Waals surface area contributed by atoms with Crippen LogP contribution in [0.5, 0.6) is 11.5 Å². The van der Waals surface area contributed by atoms with E-state index in [2.05, 4.69) is 27.2 Å². The summed E-state index contributed by atoms with van der Waals surface area (Å²) >= 11 is 0. The molecule has 2 heterocycles. The molecule has 0 aliphatic carbocycles. The number of nitrogens with zero attached hydrogens (tertiary/aromatic N) is 3. The first-order valence-electron chi connectivity index (χ1n) is 9.11. The number of ether oxygens (including phenoxy) is 2.